The molecule has 0 unspecified atom stereocenters. The van der Waals surface area contributed by atoms with E-state index in [2.05, 4.69) is 12.2 Å². The highest BCUT2D eigenvalue weighted by molar-refractivity contribution is 5.82. The van der Waals surface area contributed by atoms with Gasteiger partial charge in [-0.05, 0) is 37.5 Å². The van der Waals surface area contributed by atoms with Crippen molar-refractivity contribution >= 4 is 5.91 Å². The molecule has 1 aromatic rings. The topological polar surface area (TPSA) is 41.6 Å². The highest BCUT2D eigenvalue weighted by Crippen LogP contribution is 2.09. The second-order valence-electron chi connectivity index (χ2n) is 5.80. The number of hydrogen-bond acceptors (Lipinski definition) is 3. The van der Waals surface area contributed by atoms with Gasteiger partial charge in [0.2, 0.25) is 5.91 Å². The predicted octanol–water partition coefficient (Wildman–Crippen LogP) is 1.98. The van der Waals surface area contributed by atoms with E-state index in [1.807, 2.05) is 11.8 Å². The Bertz CT molecular complexity index is 472. The second kappa shape index (κ2) is 8.25. The van der Waals surface area contributed by atoms with Gasteiger partial charge in [-0.2, -0.15) is 0 Å². The van der Waals surface area contributed by atoms with E-state index in [0.717, 1.165) is 18.4 Å². The molecule has 0 bridgehead atoms. The summed E-state index contributed by atoms with van der Waals surface area (Å²) in [6.07, 6.45) is 1.52. The number of hydrogen-bond donors (Lipinski definition) is 1. The zero-order chi connectivity index (χ0) is 15.9. The Hall–Kier alpha value is -1.46. The van der Waals surface area contributed by atoms with Gasteiger partial charge in [0.25, 0.3) is 0 Å². The Labute approximate surface area is 131 Å². The summed E-state index contributed by atoms with van der Waals surface area (Å²) in [7, 11) is 0. The minimum Gasteiger partial charge on any atom is -0.378 e. The molecule has 2 rings (SSSR count). The molecular weight excluding hydrogens is 283 g/mol. The minimum atomic E-state index is -0.224. The van der Waals surface area contributed by atoms with Crippen molar-refractivity contribution in [2.45, 2.75) is 38.8 Å². The number of rotatable bonds is 6. The maximum absolute atomic E-state index is 12.9. The molecule has 0 saturated carbocycles. The van der Waals surface area contributed by atoms with E-state index in [1.165, 1.54) is 12.1 Å². The fourth-order valence-electron chi connectivity index (χ4n) is 2.74. The van der Waals surface area contributed by atoms with E-state index in [1.54, 1.807) is 12.1 Å². The summed E-state index contributed by atoms with van der Waals surface area (Å²) in [5.41, 5.74) is 1.06. The summed E-state index contributed by atoms with van der Waals surface area (Å²) < 4.78 is 18.2. The lowest BCUT2D eigenvalue weighted by Gasteiger charge is -2.31. The van der Waals surface area contributed by atoms with Gasteiger partial charge in [0.05, 0.1) is 19.3 Å². The van der Waals surface area contributed by atoms with Crippen molar-refractivity contribution in [2.24, 2.45) is 0 Å². The molecule has 1 N–H and O–H groups in total. The summed E-state index contributed by atoms with van der Waals surface area (Å²) >= 11 is 0. The van der Waals surface area contributed by atoms with Crippen LogP contribution in [0.25, 0.3) is 0 Å². The van der Waals surface area contributed by atoms with Crippen LogP contribution in [0.5, 0.6) is 0 Å². The molecule has 1 aliphatic heterocycles. The van der Waals surface area contributed by atoms with Crippen LogP contribution in [-0.2, 0) is 16.0 Å². The highest BCUT2D eigenvalue weighted by Gasteiger charge is 2.25. The molecule has 0 spiro atoms. The van der Waals surface area contributed by atoms with Crippen molar-refractivity contribution in [1.82, 2.24) is 10.2 Å². The lowest BCUT2D eigenvalue weighted by Crippen LogP contribution is -2.52. The Morgan fingerprint density at radius 2 is 1.95 bits per heavy atom. The summed E-state index contributed by atoms with van der Waals surface area (Å²) in [5, 5.41) is 3.40. The van der Waals surface area contributed by atoms with Crippen molar-refractivity contribution in [3.8, 4) is 0 Å². The number of morpholine rings is 1. The molecule has 5 heteroatoms. The Kier molecular flexibility index (Phi) is 6.34. The molecule has 0 aliphatic carbocycles. The van der Waals surface area contributed by atoms with Gasteiger partial charge >= 0.3 is 0 Å². The third-order valence-electron chi connectivity index (χ3n) is 3.97. The van der Waals surface area contributed by atoms with Gasteiger partial charge in [0.1, 0.15) is 5.82 Å². The van der Waals surface area contributed by atoms with Gasteiger partial charge in [0.15, 0.2) is 0 Å². The normalized spacial score (nSPS) is 18.0. The molecular formula is C17H25FN2O2. The van der Waals surface area contributed by atoms with Crippen LogP contribution in [-0.4, -0.2) is 49.2 Å². The fraction of sp³-hybridized carbons (Fsp3) is 0.588. The van der Waals surface area contributed by atoms with Gasteiger partial charge in [-0.1, -0.05) is 19.1 Å². The molecule has 1 amide bonds. The maximum Gasteiger partial charge on any atom is 0.239 e. The van der Waals surface area contributed by atoms with Crippen molar-refractivity contribution in [1.29, 1.82) is 0 Å². The highest BCUT2D eigenvalue weighted by atomic mass is 19.1. The molecule has 1 saturated heterocycles. The van der Waals surface area contributed by atoms with Gasteiger partial charge < -0.3 is 15.0 Å². The van der Waals surface area contributed by atoms with Gasteiger partial charge in [-0.15, -0.1) is 0 Å². The number of benzene rings is 1. The van der Waals surface area contributed by atoms with Crippen LogP contribution in [0.3, 0.4) is 0 Å². The monoisotopic (exact) mass is 308 g/mol. The molecule has 122 valence electrons. The smallest absolute Gasteiger partial charge is 0.239 e. The number of nitrogens with zero attached hydrogens (tertiary/aromatic N) is 1. The third kappa shape index (κ3) is 4.78. The van der Waals surface area contributed by atoms with E-state index in [0.29, 0.717) is 26.3 Å². The van der Waals surface area contributed by atoms with Crippen LogP contribution in [0, 0.1) is 5.82 Å². The molecule has 1 fully saturated rings. The largest absolute Gasteiger partial charge is 0.378 e. The molecule has 2 atom stereocenters. The molecule has 1 heterocycles. The second-order valence-corrected chi connectivity index (χ2v) is 5.80. The molecule has 22 heavy (non-hydrogen) atoms. The molecule has 1 aliphatic rings. The predicted molar refractivity (Wildman–Crippen MR) is 84.2 cm³/mol. The summed E-state index contributed by atoms with van der Waals surface area (Å²) in [4.78, 5) is 14.4. The van der Waals surface area contributed by atoms with Gasteiger partial charge in [-0.25, -0.2) is 4.39 Å². The number of nitrogens with one attached hydrogen (secondary N) is 1. The fourth-order valence-corrected chi connectivity index (χ4v) is 2.74. The molecule has 0 aromatic heterocycles. The third-order valence-corrected chi connectivity index (χ3v) is 3.97. The van der Waals surface area contributed by atoms with Crippen molar-refractivity contribution < 1.29 is 13.9 Å². The Morgan fingerprint density at radius 3 is 2.55 bits per heavy atom. The molecule has 0 radical (unpaired) electrons. The van der Waals surface area contributed by atoms with Gasteiger partial charge in [-0.3, -0.25) is 4.79 Å². The summed E-state index contributed by atoms with van der Waals surface area (Å²) in [6.45, 7) is 6.65. The SMILES string of the molecule is CC[C@@H](N[C@H](C)Cc1ccc(F)cc1)C(=O)N1CCOCC1. The van der Waals surface area contributed by atoms with Crippen LogP contribution in [0.15, 0.2) is 24.3 Å². The zero-order valence-corrected chi connectivity index (χ0v) is 13.3. The average molecular weight is 308 g/mol. The van der Waals surface area contributed by atoms with Crippen LogP contribution < -0.4 is 5.32 Å². The lowest BCUT2D eigenvalue weighted by atomic mass is 10.1. The lowest BCUT2D eigenvalue weighted by molar-refractivity contribution is -0.137. The standard InChI is InChI=1S/C17H25FN2O2/c1-3-16(17(21)20-8-10-22-11-9-20)19-13(2)12-14-4-6-15(18)7-5-14/h4-7,13,16,19H,3,8-12H2,1-2H3/t13-,16-/m1/s1. The number of halogens is 1. The van der Waals surface area contributed by atoms with Crippen LogP contribution in [0.1, 0.15) is 25.8 Å². The zero-order valence-electron chi connectivity index (χ0n) is 13.3. The molecule has 4 nitrogen and oxygen atoms in total. The average Bonchev–Trinajstić information content (AvgIpc) is 2.55. The van der Waals surface area contributed by atoms with Gasteiger partial charge in [0, 0.05) is 19.1 Å². The first kappa shape index (κ1) is 16.9. The van der Waals surface area contributed by atoms with E-state index in [4.69, 9.17) is 4.74 Å². The first-order chi connectivity index (χ1) is 10.6. The maximum atomic E-state index is 12.9. The number of ether oxygens (including phenoxy) is 1. The number of carbonyl (C=O) groups excluding carboxylic acids is 1. The van der Waals surface area contributed by atoms with E-state index >= 15 is 0 Å². The minimum absolute atomic E-state index is 0.150. The van der Waals surface area contributed by atoms with E-state index < -0.39 is 0 Å². The number of carbonyl (C=O) groups is 1. The Balaban J connectivity index is 1.88. The summed E-state index contributed by atoms with van der Waals surface area (Å²) in [5.74, 6) is -0.0740. The van der Waals surface area contributed by atoms with Crippen LogP contribution >= 0.6 is 0 Å². The van der Waals surface area contributed by atoms with Crippen molar-refractivity contribution in [3.63, 3.8) is 0 Å². The first-order valence-electron chi connectivity index (χ1n) is 7.97. The van der Waals surface area contributed by atoms with E-state index in [9.17, 15) is 9.18 Å². The van der Waals surface area contributed by atoms with Crippen molar-refractivity contribution in [3.05, 3.63) is 35.6 Å². The quantitative estimate of drug-likeness (QED) is 0.874. The van der Waals surface area contributed by atoms with E-state index in [-0.39, 0.29) is 23.8 Å². The first-order valence-corrected chi connectivity index (χ1v) is 7.97. The van der Waals surface area contributed by atoms with Crippen LogP contribution in [0.2, 0.25) is 0 Å². The summed E-state index contributed by atoms with van der Waals surface area (Å²) in [6, 6.07) is 6.50. The molecule has 1 aromatic carbocycles. The Morgan fingerprint density at radius 1 is 1.32 bits per heavy atom. The number of amides is 1. The van der Waals surface area contributed by atoms with Crippen molar-refractivity contribution in [2.75, 3.05) is 26.3 Å². The van der Waals surface area contributed by atoms with Crippen LogP contribution in [0.4, 0.5) is 4.39 Å².